The molecule has 1 atom stereocenters. The summed E-state index contributed by atoms with van der Waals surface area (Å²) in [6.45, 7) is 3.56. The van der Waals surface area contributed by atoms with Crippen molar-refractivity contribution in [2.45, 2.75) is 32.5 Å². The quantitative estimate of drug-likeness (QED) is 0.808. The molecule has 0 bridgehead atoms. The largest absolute Gasteiger partial charge is 0.390 e. The number of aryl methyl sites for hydroxylation is 1. The number of rotatable bonds is 4. The molecule has 0 saturated heterocycles. The molecule has 0 aliphatic rings. The summed E-state index contributed by atoms with van der Waals surface area (Å²) < 4.78 is 50.6. The van der Waals surface area contributed by atoms with E-state index in [1.807, 2.05) is 0 Å². The molecule has 0 aromatic heterocycles. The van der Waals surface area contributed by atoms with Crippen LogP contribution in [0.15, 0.2) is 12.1 Å². The Morgan fingerprint density at radius 1 is 1.33 bits per heavy atom. The third kappa shape index (κ3) is 4.14. The molecule has 0 radical (unpaired) electrons. The van der Waals surface area contributed by atoms with E-state index in [1.165, 1.54) is 13.0 Å². The predicted octanol–water partition coefficient (Wildman–Crippen LogP) is 4.39. The highest BCUT2D eigenvalue weighted by atomic mass is 35.5. The second-order valence-electron chi connectivity index (χ2n) is 4.05. The maximum Gasteiger partial charge on any atom is 0.390 e. The molecule has 0 aliphatic carbocycles. The van der Waals surface area contributed by atoms with E-state index < -0.39 is 24.5 Å². The number of benzene rings is 1. The molecule has 6 heteroatoms. The number of hydrogen-bond acceptors (Lipinski definition) is 1. The van der Waals surface area contributed by atoms with E-state index >= 15 is 0 Å². The van der Waals surface area contributed by atoms with Crippen LogP contribution in [0.3, 0.4) is 0 Å². The Kier molecular flexibility index (Phi) is 4.99. The molecule has 0 aliphatic heterocycles. The van der Waals surface area contributed by atoms with Gasteiger partial charge in [0, 0.05) is 11.1 Å². The summed E-state index contributed by atoms with van der Waals surface area (Å²) in [5.41, 5.74) is 0.550. The normalized spacial score (nSPS) is 13.7. The van der Waals surface area contributed by atoms with Crippen molar-refractivity contribution in [2.24, 2.45) is 0 Å². The van der Waals surface area contributed by atoms with Gasteiger partial charge in [-0.15, -0.1) is 0 Å². The van der Waals surface area contributed by atoms with E-state index in [9.17, 15) is 17.6 Å². The lowest BCUT2D eigenvalue weighted by atomic mass is 10.0. The Morgan fingerprint density at radius 3 is 2.44 bits per heavy atom. The van der Waals surface area contributed by atoms with Crippen molar-refractivity contribution in [2.75, 3.05) is 6.54 Å². The third-order valence-corrected chi connectivity index (χ3v) is 2.87. The lowest BCUT2D eigenvalue weighted by Crippen LogP contribution is -2.27. The second-order valence-corrected chi connectivity index (χ2v) is 4.46. The van der Waals surface area contributed by atoms with Crippen molar-refractivity contribution in [3.63, 3.8) is 0 Å². The van der Waals surface area contributed by atoms with E-state index in [-0.39, 0.29) is 16.1 Å². The Morgan fingerprint density at radius 2 is 1.94 bits per heavy atom. The van der Waals surface area contributed by atoms with Crippen molar-refractivity contribution in [1.29, 1.82) is 0 Å². The highest BCUT2D eigenvalue weighted by Gasteiger charge is 2.33. The van der Waals surface area contributed by atoms with Crippen LogP contribution in [0.25, 0.3) is 0 Å². The molecular formula is C12H14ClF4N. The van der Waals surface area contributed by atoms with E-state index in [0.29, 0.717) is 6.54 Å². The standard InChI is InChI=1S/C12H14ClF4N/c1-3-18-11(6-12(15,16)17)8-4-7(2)10(14)5-9(8)13/h4-5,11,18H,3,6H2,1-2H3. The van der Waals surface area contributed by atoms with Gasteiger partial charge in [-0.1, -0.05) is 24.6 Å². The Bertz CT molecular complexity index is 417. The Labute approximate surface area is 108 Å². The first-order valence-corrected chi connectivity index (χ1v) is 5.88. The second kappa shape index (κ2) is 5.89. The van der Waals surface area contributed by atoms with E-state index in [2.05, 4.69) is 5.32 Å². The molecule has 0 saturated carbocycles. The molecule has 18 heavy (non-hydrogen) atoms. The summed E-state index contributed by atoms with van der Waals surface area (Å²) in [4.78, 5) is 0. The zero-order chi connectivity index (χ0) is 13.9. The fourth-order valence-electron chi connectivity index (χ4n) is 1.72. The maximum atomic E-state index is 13.2. The van der Waals surface area contributed by atoms with E-state index in [4.69, 9.17) is 11.6 Å². The number of hydrogen-bond donors (Lipinski definition) is 1. The van der Waals surface area contributed by atoms with Crippen LogP contribution >= 0.6 is 11.6 Å². The van der Waals surface area contributed by atoms with Gasteiger partial charge in [-0.3, -0.25) is 0 Å². The first-order valence-electron chi connectivity index (χ1n) is 5.50. The van der Waals surface area contributed by atoms with Gasteiger partial charge < -0.3 is 5.32 Å². The molecule has 1 N–H and O–H groups in total. The van der Waals surface area contributed by atoms with Crippen molar-refractivity contribution >= 4 is 11.6 Å². The predicted molar refractivity (Wildman–Crippen MR) is 63.2 cm³/mol. The zero-order valence-electron chi connectivity index (χ0n) is 10.0. The smallest absolute Gasteiger partial charge is 0.310 e. The van der Waals surface area contributed by atoms with E-state index in [0.717, 1.165) is 6.07 Å². The maximum absolute atomic E-state index is 13.2. The molecule has 1 unspecified atom stereocenters. The van der Waals surface area contributed by atoms with E-state index in [1.54, 1.807) is 6.92 Å². The van der Waals surface area contributed by atoms with Crippen LogP contribution in [0.1, 0.15) is 30.5 Å². The molecule has 0 spiro atoms. The van der Waals surface area contributed by atoms with Gasteiger partial charge in [-0.25, -0.2) is 4.39 Å². The minimum atomic E-state index is -4.31. The summed E-state index contributed by atoms with van der Waals surface area (Å²) in [5.74, 6) is -0.522. The zero-order valence-corrected chi connectivity index (χ0v) is 10.8. The van der Waals surface area contributed by atoms with Crippen LogP contribution < -0.4 is 5.32 Å². The fourth-order valence-corrected chi connectivity index (χ4v) is 2.00. The molecule has 1 aromatic rings. The van der Waals surface area contributed by atoms with Crippen LogP contribution in [0, 0.1) is 12.7 Å². The van der Waals surface area contributed by atoms with Gasteiger partial charge in [0.15, 0.2) is 0 Å². The number of alkyl halides is 3. The van der Waals surface area contributed by atoms with Crippen LogP contribution in [-0.4, -0.2) is 12.7 Å². The SMILES string of the molecule is CCNC(CC(F)(F)F)c1cc(C)c(F)cc1Cl. The number of halogens is 5. The molecular weight excluding hydrogens is 270 g/mol. The molecule has 0 amide bonds. The summed E-state index contributed by atoms with van der Waals surface area (Å²) in [7, 11) is 0. The topological polar surface area (TPSA) is 12.0 Å². The van der Waals surface area contributed by atoms with Crippen LogP contribution in [0.4, 0.5) is 17.6 Å². The highest BCUT2D eigenvalue weighted by Crippen LogP contribution is 2.33. The average Bonchev–Trinajstić information content (AvgIpc) is 2.21. The first-order chi connectivity index (χ1) is 8.24. The minimum Gasteiger partial charge on any atom is -0.310 e. The molecule has 0 fully saturated rings. The third-order valence-electron chi connectivity index (χ3n) is 2.54. The van der Waals surface area contributed by atoms with Gasteiger partial charge in [0.1, 0.15) is 5.82 Å². The monoisotopic (exact) mass is 283 g/mol. The lowest BCUT2D eigenvalue weighted by molar-refractivity contribution is -0.140. The highest BCUT2D eigenvalue weighted by molar-refractivity contribution is 6.31. The van der Waals surface area contributed by atoms with Crippen molar-refractivity contribution in [1.82, 2.24) is 5.32 Å². The van der Waals surface area contributed by atoms with Gasteiger partial charge >= 0.3 is 6.18 Å². The summed E-state index contributed by atoms with van der Waals surface area (Å²) in [6, 6.07) is 1.45. The van der Waals surface area contributed by atoms with Crippen molar-refractivity contribution in [3.8, 4) is 0 Å². The van der Waals surface area contributed by atoms with Crippen LogP contribution in [0.5, 0.6) is 0 Å². The minimum absolute atomic E-state index is 0.00769. The summed E-state index contributed by atoms with van der Waals surface area (Å²) >= 11 is 5.81. The molecule has 1 aromatic carbocycles. The fraction of sp³-hybridized carbons (Fsp3) is 0.500. The van der Waals surface area contributed by atoms with Crippen molar-refractivity contribution < 1.29 is 17.6 Å². The number of nitrogens with one attached hydrogen (secondary N) is 1. The Hall–Kier alpha value is -0.810. The van der Waals surface area contributed by atoms with Crippen molar-refractivity contribution in [3.05, 3.63) is 34.1 Å². The summed E-state index contributed by atoms with van der Waals surface area (Å²) in [5, 5.41) is 2.72. The molecule has 102 valence electrons. The first kappa shape index (κ1) is 15.2. The van der Waals surface area contributed by atoms with Gasteiger partial charge in [0.05, 0.1) is 6.42 Å². The molecule has 0 heterocycles. The molecule has 1 rings (SSSR count). The molecule has 1 nitrogen and oxygen atoms in total. The summed E-state index contributed by atoms with van der Waals surface area (Å²) in [6.07, 6.45) is -5.34. The lowest BCUT2D eigenvalue weighted by Gasteiger charge is -2.21. The Balaban J connectivity index is 3.09. The van der Waals surface area contributed by atoms with Gasteiger partial charge in [-0.05, 0) is 30.7 Å². The van der Waals surface area contributed by atoms with Crippen LogP contribution in [-0.2, 0) is 0 Å². The average molecular weight is 284 g/mol. The van der Waals surface area contributed by atoms with Crippen LogP contribution in [0.2, 0.25) is 5.02 Å². The van der Waals surface area contributed by atoms with Gasteiger partial charge in [-0.2, -0.15) is 13.2 Å². The van der Waals surface area contributed by atoms with Gasteiger partial charge in [0.2, 0.25) is 0 Å². The van der Waals surface area contributed by atoms with Gasteiger partial charge in [0.25, 0.3) is 0 Å².